The average Bonchev–Trinajstić information content (AvgIpc) is 3.58. The van der Waals surface area contributed by atoms with Crippen LogP contribution in [0.2, 0.25) is 0 Å². The van der Waals surface area contributed by atoms with E-state index in [2.05, 4.69) is 20.8 Å². The fourth-order valence-electron chi connectivity index (χ4n) is 3.29. The van der Waals surface area contributed by atoms with Crippen molar-refractivity contribution in [3.63, 3.8) is 0 Å². The van der Waals surface area contributed by atoms with Gasteiger partial charge in [-0.25, -0.2) is 9.67 Å². The average molecular weight is 459 g/mol. The molecule has 2 aromatic carbocycles. The summed E-state index contributed by atoms with van der Waals surface area (Å²) in [7, 11) is 0. The second kappa shape index (κ2) is 8.81. The molecule has 0 bridgehead atoms. The summed E-state index contributed by atoms with van der Waals surface area (Å²) in [5.41, 5.74) is 4.39. The van der Waals surface area contributed by atoms with Gasteiger partial charge in [-0.05, 0) is 46.5 Å². The summed E-state index contributed by atoms with van der Waals surface area (Å²) < 4.78 is 1.55. The number of hydrogen-bond acceptors (Lipinski definition) is 7. The van der Waals surface area contributed by atoms with Gasteiger partial charge in [0.2, 0.25) is 5.91 Å². The first-order chi connectivity index (χ1) is 15.7. The van der Waals surface area contributed by atoms with Gasteiger partial charge in [-0.3, -0.25) is 4.79 Å². The summed E-state index contributed by atoms with van der Waals surface area (Å²) >= 11 is 3.18. The van der Waals surface area contributed by atoms with E-state index in [-0.39, 0.29) is 12.3 Å². The van der Waals surface area contributed by atoms with Crippen molar-refractivity contribution in [1.29, 1.82) is 0 Å². The molecule has 0 spiro atoms. The van der Waals surface area contributed by atoms with Crippen LogP contribution in [0.5, 0.6) is 0 Å². The second-order valence-electron chi connectivity index (χ2n) is 7.11. The van der Waals surface area contributed by atoms with Crippen molar-refractivity contribution in [1.82, 2.24) is 25.2 Å². The molecule has 0 atom stereocenters. The lowest BCUT2D eigenvalue weighted by Crippen LogP contribution is -2.15. The van der Waals surface area contributed by atoms with Crippen molar-refractivity contribution in [2.75, 3.05) is 5.32 Å². The van der Waals surface area contributed by atoms with Crippen LogP contribution in [0.25, 0.3) is 26.8 Å². The lowest BCUT2D eigenvalue weighted by atomic mass is 10.1. The van der Waals surface area contributed by atoms with Gasteiger partial charge in [0.05, 0.1) is 22.7 Å². The van der Waals surface area contributed by atoms with Crippen molar-refractivity contribution in [3.05, 3.63) is 82.8 Å². The van der Waals surface area contributed by atoms with E-state index in [0.717, 1.165) is 43.0 Å². The number of hydrogen-bond donors (Lipinski definition) is 1. The maximum absolute atomic E-state index is 13.0. The molecule has 0 radical (unpaired) electrons. The minimum atomic E-state index is -0.0944. The van der Waals surface area contributed by atoms with E-state index in [1.54, 1.807) is 27.4 Å². The van der Waals surface area contributed by atoms with E-state index in [1.807, 2.05) is 73.0 Å². The maximum Gasteiger partial charge on any atom is 0.229 e. The maximum atomic E-state index is 13.0. The summed E-state index contributed by atoms with van der Waals surface area (Å²) in [5, 5.41) is 17.2. The van der Waals surface area contributed by atoms with E-state index in [9.17, 15) is 4.79 Å². The van der Waals surface area contributed by atoms with Gasteiger partial charge >= 0.3 is 0 Å². The molecule has 0 fully saturated rings. The number of thiophene rings is 1. The molecule has 1 N–H and O–H groups in total. The predicted molar refractivity (Wildman–Crippen MR) is 127 cm³/mol. The smallest absolute Gasteiger partial charge is 0.229 e. The van der Waals surface area contributed by atoms with Crippen molar-refractivity contribution in [2.24, 2.45) is 0 Å². The first-order valence-electron chi connectivity index (χ1n) is 9.90. The number of aromatic nitrogens is 5. The Kier molecular flexibility index (Phi) is 5.57. The Morgan fingerprint density at radius 2 is 1.97 bits per heavy atom. The number of anilines is 1. The third kappa shape index (κ3) is 4.20. The van der Waals surface area contributed by atoms with Crippen LogP contribution in [0.1, 0.15) is 10.4 Å². The Hall–Kier alpha value is -3.69. The number of nitrogens with one attached hydrogen (secondary N) is 1. The molecule has 5 aromatic rings. The van der Waals surface area contributed by atoms with Crippen LogP contribution in [-0.4, -0.2) is 31.1 Å². The van der Waals surface area contributed by atoms with Crippen LogP contribution in [0.3, 0.4) is 0 Å². The summed E-state index contributed by atoms with van der Waals surface area (Å²) in [6, 6.07) is 19.8. The zero-order chi connectivity index (χ0) is 21.9. The van der Waals surface area contributed by atoms with Gasteiger partial charge in [-0.1, -0.05) is 42.5 Å². The van der Waals surface area contributed by atoms with Gasteiger partial charge in [-0.15, -0.1) is 27.8 Å². The van der Waals surface area contributed by atoms with E-state index in [4.69, 9.17) is 4.98 Å². The minimum absolute atomic E-state index is 0.0944. The Bertz CT molecular complexity index is 1340. The van der Waals surface area contributed by atoms with Gasteiger partial charge in [0.1, 0.15) is 11.3 Å². The van der Waals surface area contributed by atoms with Crippen LogP contribution < -0.4 is 5.32 Å². The first kappa shape index (κ1) is 20.2. The number of carbonyl (C=O) groups excluding carboxylic acids is 1. The van der Waals surface area contributed by atoms with Crippen LogP contribution in [0.15, 0.2) is 72.4 Å². The number of aryl methyl sites for hydroxylation is 1. The Morgan fingerprint density at radius 1 is 1.09 bits per heavy atom. The normalized spacial score (nSPS) is 10.9. The van der Waals surface area contributed by atoms with Crippen LogP contribution in [-0.2, 0) is 11.2 Å². The molecule has 1 amide bonds. The van der Waals surface area contributed by atoms with Crippen LogP contribution >= 0.6 is 22.7 Å². The number of tetrazole rings is 1. The van der Waals surface area contributed by atoms with Gasteiger partial charge in [0, 0.05) is 16.1 Å². The van der Waals surface area contributed by atoms with Crippen LogP contribution in [0.4, 0.5) is 5.69 Å². The topological polar surface area (TPSA) is 85.6 Å². The molecule has 158 valence electrons. The monoisotopic (exact) mass is 458 g/mol. The highest BCUT2D eigenvalue weighted by molar-refractivity contribution is 7.17. The number of benzene rings is 2. The first-order valence-corrected chi connectivity index (χ1v) is 11.6. The Morgan fingerprint density at radius 3 is 2.72 bits per heavy atom. The van der Waals surface area contributed by atoms with Crippen molar-refractivity contribution in [2.45, 2.75) is 13.3 Å². The quantitative estimate of drug-likeness (QED) is 0.387. The molecular weight excluding hydrogens is 440 g/mol. The molecule has 0 aliphatic carbocycles. The van der Waals surface area contributed by atoms with Gasteiger partial charge < -0.3 is 5.32 Å². The van der Waals surface area contributed by atoms with E-state index < -0.39 is 0 Å². The molecule has 0 aliphatic heterocycles. The predicted octanol–water partition coefficient (Wildman–Crippen LogP) is 5.00. The SMILES string of the molecule is Cc1ccc(-n2cnnn2)cc1NC(=O)Cc1sc(-c2ccccc2)nc1-c1cccs1. The van der Waals surface area contributed by atoms with Gasteiger partial charge in [0.25, 0.3) is 0 Å². The van der Waals surface area contributed by atoms with Gasteiger partial charge in [0.15, 0.2) is 0 Å². The Labute approximate surface area is 192 Å². The van der Waals surface area contributed by atoms with Gasteiger partial charge in [-0.2, -0.15) is 0 Å². The lowest BCUT2D eigenvalue weighted by Gasteiger charge is -2.10. The molecular formula is C23H18N6OS2. The highest BCUT2D eigenvalue weighted by Gasteiger charge is 2.18. The third-order valence-electron chi connectivity index (χ3n) is 4.90. The Balaban J connectivity index is 1.42. The highest BCUT2D eigenvalue weighted by Crippen LogP contribution is 2.36. The minimum Gasteiger partial charge on any atom is -0.325 e. The lowest BCUT2D eigenvalue weighted by molar-refractivity contribution is -0.115. The van der Waals surface area contributed by atoms with Crippen molar-refractivity contribution >= 4 is 34.3 Å². The number of carbonyl (C=O) groups is 1. The second-order valence-corrected chi connectivity index (χ2v) is 9.14. The van der Waals surface area contributed by atoms with Crippen molar-refractivity contribution in [3.8, 4) is 26.8 Å². The van der Waals surface area contributed by atoms with E-state index in [1.165, 1.54) is 6.33 Å². The fraction of sp³-hybridized carbons (Fsp3) is 0.0870. The fourth-order valence-corrected chi connectivity index (χ4v) is 5.17. The van der Waals surface area contributed by atoms with E-state index in [0.29, 0.717) is 0 Å². The standard InChI is InChI=1S/C23H18N6OS2/c1-15-9-10-17(29-14-24-27-28-29)12-18(15)25-21(30)13-20-22(19-8-5-11-31-19)26-23(32-20)16-6-3-2-4-7-16/h2-12,14H,13H2,1H3,(H,25,30). The molecule has 0 saturated carbocycles. The number of thiazole rings is 1. The zero-order valence-corrected chi connectivity index (χ0v) is 18.7. The summed E-state index contributed by atoms with van der Waals surface area (Å²) in [6.45, 7) is 1.95. The molecule has 0 saturated heterocycles. The highest BCUT2D eigenvalue weighted by atomic mass is 32.1. The molecule has 3 aromatic heterocycles. The molecule has 3 heterocycles. The molecule has 0 aliphatic rings. The zero-order valence-electron chi connectivity index (χ0n) is 17.1. The summed E-state index contributed by atoms with van der Waals surface area (Å²) in [6.07, 6.45) is 1.76. The van der Waals surface area contributed by atoms with E-state index >= 15 is 0 Å². The molecule has 9 heteroatoms. The van der Waals surface area contributed by atoms with Crippen molar-refractivity contribution < 1.29 is 4.79 Å². The third-order valence-corrected chi connectivity index (χ3v) is 6.88. The number of amides is 1. The number of rotatable bonds is 6. The molecule has 5 rings (SSSR count). The largest absolute Gasteiger partial charge is 0.325 e. The molecule has 7 nitrogen and oxygen atoms in total. The summed E-state index contributed by atoms with van der Waals surface area (Å²) in [4.78, 5) is 19.9. The van der Waals surface area contributed by atoms with Crippen LogP contribution in [0, 0.1) is 6.92 Å². The summed E-state index contributed by atoms with van der Waals surface area (Å²) in [5.74, 6) is -0.0944. The number of nitrogens with zero attached hydrogens (tertiary/aromatic N) is 5. The molecule has 32 heavy (non-hydrogen) atoms. The molecule has 0 unspecified atom stereocenters.